The highest BCUT2D eigenvalue weighted by atomic mass is 16.3. The summed E-state index contributed by atoms with van der Waals surface area (Å²) in [6, 6.07) is 2.70. The number of ketones is 1. The highest BCUT2D eigenvalue weighted by Gasteiger charge is 2.40. The second-order valence-electron chi connectivity index (χ2n) is 10.00. The molecule has 2 amide bonds. The molecule has 180 valence electrons. The minimum Gasteiger partial charge on any atom is -0.396 e. The molecule has 33 heavy (non-hydrogen) atoms. The van der Waals surface area contributed by atoms with Crippen molar-refractivity contribution in [2.45, 2.75) is 65.0 Å². The summed E-state index contributed by atoms with van der Waals surface area (Å²) in [6.07, 6.45) is 6.00. The predicted octanol–water partition coefficient (Wildman–Crippen LogP) is 1.74. The molecule has 9 heteroatoms. The molecular formula is C24H35N5O4. The Bertz CT molecular complexity index is 916. The summed E-state index contributed by atoms with van der Waals surface area (Å²) in [4.78, 5) is 43.5. The van der Waals surface area contributed by atoms with Crippen LogP contribution in [-0.4, -0.2) is 70.1 Å². The zero-order valence-corrected chi connectivity index (χ0v) is 19.7. The second kappa shape index (κ2) is 10.4. The van der Waals surface area contributed by atoms with Gasteiger partial charge in [0, 0.05) is 43.8 Å². The van der Waals surface area contributed by atoms with Crippen molar-refractivity contribution in [2.75, 3.05) is 25.0 Å². The SMILES string of the molecule is CC(=O)C(=N)c1cccnc1NCC(=O)N1C[C@@H](CO)C[C@H]1C(=O)NC1CCCC(C)(C)C1. The first-order valence-corrected chi connectivity index (χ1v) is 11.6. The van der Waals surface area contributed by atoms with E-state index < -0.39 is 11.8 Å². The van der Waals surface area contributed by atoms with Crippen molar-refractivity contribution in [1.29, 1.82) is 5.41 Å². The number of hydrogen-bond donors (Lipinski definition) is 4. The molecule has 0 bridgehead atoms. The molecule has 1 aromatic heterocycles. The van der Waals surface area contributed by atoms with Crippen molar-refractivity contribution in [1.82, 2.24) is 15.2 Å². The van der Waals surface area contributed by atoms with Crippen LogP contribution >= 0.6 is 0 Å². The topological polar surface area (TPSA) is 135 Å². The monoisotopic (exact) mass is 457 g/mol. The van der Waals surface area contributed by atoms with E-state index in [2.05, 4.69) is 29.5 Å². The minimum absolute atomic E-state index is 0.0857. The third kappa shape index (κ3) is 6.16. The van der Waals surface area contributed by atoms with Crippen LogP contribution in [0.15, 0.2) is 18.3 Å². The largest absolute Gasteiger partial charge is 0.396 e. The number of anilines is 1. The number of pyridine rings is 1. The molecule has 1 aliphatic heterocycles. The molecule has 1 aliphatic carbocycles. The third-order valence-electron chi connectivity index (χ3n) is 6.66. The van der Waals surface area contributed by atoms with Crippen LogP contribution in [0.2, 0.25) is 0 Å². The van der Waals surface area contributed by atoms with Gasteiger partial charge in [0.1, 0.15) is 17.6 Å². The molecule has 4 N–H and O–H groups in total. The molecule has 3 rings (SSSR count). The number of aromatic nitrogens is 1. The van der Waals surface area contributed by atoms with Gasteiger partial charge < -0.3 is 20.6 Å². The fraction of sp³-hybridized carbons (Fsp3) is 0.625. The van der Waals surface area contributed by atoms with Gasteiger partial charge in [-0.15, -0.1) is 0 Å². The van der Waals surface area contributed by atoms with Gasteiger partial charge in [-0.25, -0.2) is 4.98 Å². The number of likely N-dealkylation sites (tertiary alicyclic amines) is 1. The highest BCUT2D eigenvalue weighted by Crippen LogP contribution is 2.35. The van der Waals surface area contributed by atoms with Crippen molar-refractivity contribution in [3.8, 4) is 0 Å². The number of rotatable bonds is 8. The lowest BCUT2D eigenvalue weighted by atomic mass is 9.75. The Morgan fingerprint density at radius 3 is 2.76 bits per heavy atom. The number of amides is 2. The zero-order chi connectivity index (χ0) is 24.2. The van der Waals surface area contributed by atoms with E-state index in [0.29, 0.717) is 18.5 Å². The molecule has 1 unspecified atom stereocenters. The number of aliphatic hydroxyl groups is 1. The lowest BCUT2D eigenvalue weighted by molar-refractivity contribution is -0.137. The number of Topliss-reactive ketones (excluding diaryl/α,β-unsaturated/α-hetero) is 1. The maximum atomic E-state index is 13.1. The molecule has 3 atom stereocenters. The standard InChI is InChI=1S/C24H35N5O4/c1-15(31)21(25)18-7-5-9-26-22(18)27-12-20(32)29-13-16(14-30)10-19(29)23(33)28-17-6-4-8-24(2,3)11-17/h5,7,9,16-17,19,25,30H,4,6,8,10-14H2,1-3H3,(H,26,27)(H,28,33)/t16-,17?,19-/m0/s1. The maximum absolute atomic E-state index is 13.1. The first-order valence-electron chi connectivity index (χ1n) is 11.6. The number of nitrogens with zero attached hydrogens (tertiary/aromatic N) is 2. The molecule has 2 aliphatic rings. The van der Waals surface area contributed by atoms with Gasteiger partial charge >= 0.3 is 0 Å². The van der Waals surface area contributed by atoms with E-state index in [1.807, 2.05) is 0 Å². The average molecular weight is 458 g/mol. The summed E-state index contributed by atoms with van der Waals surface area (Å²) in [5.41, 5.74) is 0.321. The van der Waals surface area contributed by atoms with Crippen LogP contribution < -0.4 is 10.6 Å². The Morgan fingerprint density at radius 1 is 1.33 bits per heavy atom. The summed E-state index contributed by atoms with van der Waals surface area (Å²) in [6.45, 7) is 5.82. The smallest absolute Gasteiger partial charge is 0.243 e. The number of aliphatic hydroxyl groups excluding tert-OH is 1. The van der Waals surface area contributed by atoms with Crippen LogP contribution in [0, 0.1) is 16.7 Å². The zero-order valence-electron chi connectivity index (χ0n) is 19.7. The molecule has 0 aromatic carbocycles. The van der Waals surface area contributed by atoms with Gasteiger partial charge in [-0.3, -0.25) is 19.8 Å². The molecule has 1 saturated heterocycles. The van der Waals surface area contributed by atoms with E-state index >= 15 is 0 Å². The third-order valence-corrected chi connectivity index (χ3v) is 6.66. The normalized spacial score (nSPS) is 24.2. The summed E-state index contributed by atoms with van der Waals surface area (Å²) >= 11 is 0. The maximum Gasteiger partial charge on any atom is 0.243 e. The predicted molar refractivity (Wildman–Crippen MR) is 125 cm³/mol. The summed E-state index contributed by atoms with van der Waals surface area (Å²) < 4.78 is 0. The molecule has 1 saturated carbocycles. The minimum atomic E-state index is -0.625. The summed E-state index contributed by atoms with van der Waals surface area (Å²) in [7, 11) is 0. The summed E-state index contributed by atoms with van der Waals surface area (Å²) in [5, 5.41) is 23.7. The average Bonchev–Trinajstić information content (AvgIpc) is 3.21. The molecule has 9 nitrogen and oxygen atoms in total. The summed E-state index contributed by atoms with van der Waals surface area (Å²) in [5.74, 6) is -0.733. The molecule has 1 aromatic rings. The van der Waals surface area contributed by atoms with Crippen molar-refractivity contribution >= 4 is 29.1 Å². The fourth-order valence-corrected chi connectivity index (χ4v) is 4.90. The molecule has 0 spiro atoms. The Labute approximate surface area is 194 Å². The van der Waals surface area contributed by atoms with Crippen LogP contribution in [0.3, 0.4) is 0 Å². The molecule has 0 radical (unpaired) electrons. The van der Waals surface area contributed by atoms with Crippen molar-refractivity contribution in [3.63, 3.8) is 0 Å². The van der Waals surface area contributed by atoms with Crippen molar-refractivity contribution < 1.29 is 19.5 Å². The van der Waals surface area contributed by atoms with Crippen LogP contribution in [0.1, 0.15) is 58.4 Å². The van der Waals surface area contributed by atoms with Gasteiger partial charge in [0.15, 0.2) is 5.78 Å². The lowest BCUT2D eigenvalue weighted by Gasteiger charge is -2.36. The van der Waals surface area contributed by atoms with Gasteiger partial charge in [-0.05, 0) is 43.2 Å². The van der Waals surface area contributed by atoms with Gasteiger partial charge in [0.25, 0.3) is 0 Å². The number of nitrogens with one attached hydrogen (secondary N) is 3. The fourth-order valence-electron chi connectivity index (χ4n) is 4.90. The van der Waals surface area contributed by atoms with E-state index in [9.17, 15) is 19.5 Å². The first kappa shape index (κ1) is 24.8. The second-order valence-corrected chi connectivity index (χ2v) is 10.00. The Kier molecular flexibility index (Phi) is 7.84. The Hall–Kier alpha value is -2.81. The first-order chi connectivity index (χ1) is 15.6. The number of hydrogen-bond acceptors (Lipinski definition) is 7. The quantitative estimate of drug-likeness (QED) is 0.439. The van der Waals surface area contributed by atoms with Crippen molar-refractivity contribution in [3.05, 3.63) is 23.9 Å². The Morgan fingerprint density at radius 2 is 2.09 bits per heavy atom. The van der Waals surface area contributed by atoms with Crippen LogP contribution in [0.5, 0.6) is 0 Å². The number of carbonyl (C=O) groups excluding carboxylic acids is 3. The van der Waals surface area contributed by atoms with E-state index in [1.165, 1.54) is 18.0 Å². The van der Waals surface area contributed by atoms with Gasteiger partial charge in [-0.1, -0.05) is 20.3 Å². The number of carbonyl (C=O) groups is 3. The van der Waals surface area contributed by atoms with E-state index in [-0.39, 0.29) is 53.9 Å². The Balaban J connectivity index is 1.66. The molecule has 2 fully saturated rings. The van der Waals surface area contributed by atoms with Gasteiger partial charge in [0.05, 0.1) is 6.54 Å². The van der Waals surface area contributed by atoms with Gasteiger partial charge in [-0.2, -0.15) is 0 Å². The van der Waals surface area contributed by atoms with E-state index in [0.717, 1.165) is 25.7 Å². The lowest BCUT2D eigenvalue weighted by Crippen LogP contribution is -2.51. The van der Waals surface area contributed by atoms with Crippen molar-refractivity contribution in [2.24, 2.45) is 11.3 Å². The molecule has 2 heterocycles. The highest BCUT2D eigenvalue weighted by molar-refractivity contribution is 6.45. The molecular weight excluding hydrogens is 422 g/mol. The van der Waals surface area contributed by atoms with E-state index in [4.69, 9.17) is 5.41 Å². The van der Waals surface area contributed by atoms with E-state index in [1.54, 1.807) is 12.1 Å². The van der Waals surface area contributed by atoms with Crippen LogP contribution in [0.4, 0.5) is 5.82 Å². The van der Waals surface area contributed by atoms with Gasteiger partial charge in [0.2, 0.25) is 11.8 Å². The van der Waals surface area contributed by atoms with Crippen LogP contribution in [-0.2, 0) is 14.4 Å². The van der Waals surface area contributed by atoms with Crippen LogP contribution in [0.25, 0.3) is 0 Å².